The summed E-state index contributed by atoms with van der Waals surface area (Å²) in [5, 5.41) is 2.06. The van der Waals surface area contributed by atoms with Crippen molar-refractivity contribution in [2.45, 2.75) is 20.3 Å². The molecule has 0 unspecified atom stereocenters. The number of ether oxygens (including phenoxy) is 1. The van der Waals surface area contributed by atoms with E-state index < -0.39 is 0 Å². The second-order valence-corrected chi connectivity index (χ2v) is 5.27. The smallest absolute Gasteiger partial charge is 0.163 e. The summed E-state index contributed by atoms with van der Waals surface area (Å²) in [6.07, 6.45) is 0.878. The Kier molecular flexibility index (Phi) is 4.15. The number of carbonyl (C=O) groups is 1. The molecule has 0 atom stereocenters. The van der Waals surface area contributed by atoms with E-state index in [-0.39, 0.29) is 5.78 Å². The molecule has 94 valence electrons. The second kappa shape index (κ2) is 5.83. The summed E-state index contributed by atoms with van der Waals surface area (Å²) < 4.78 is 5.74. The standard InChI is InChI=1S/C15H16O2S/c1-11-5-6-14(12(2)16)15(10-11)17-8-7-13-4-3-9-18-13/h3-6,9-10H,7-8H2,1-2H3. The van der Waals surface area contributed by atoms with Gasteiger partial charge in [-0.3, -0.25) is 4.79 Å². The van der Waals surface area contributed by atoms with Crippen molar-refractivity contribution in [1.82, 2.24) is 0 Å². The van der Waals surface area contributed by atoms with Crippen molar-refractivity contribution in [2.75, 3.05) is 6.61 Å². The molecular weight excluding hydrogens is 244 g/mol. The molecule has 0 fully saturated rings. The molecule has 1 aromatic heterocycles. The van der Waals surface area contributed by atoms with Gasteiger partial charge in [-0.2, -0.15) is 0 Å². The van der Waals surface area contributed by atoms with E-state index in [0.717, 1.165) is 12.0 Å². The van der Waals surface area contributed by atoms with Crippen LogP contribution in [-0.4, -0.2) is 12.4 Å². The third kappa shape index (κ3) is 3.20. The summed E-state index contributed by atoms with van der Waals surface area (Å²) in [7, 11) is 0. The third-order valence-electron chi connectivity index (χ3n) is 2.70. The SMILES string of the molecule is CC(=O)c1ccc(C)cc1OCCc1cccs1. The molecule has 2 nitrogen and oxygen atoms in total. The van der Waals surface area contributed by atoms with Crippen LogP contribution in [0.4, 0.5) is 0 Å². The van der Waals surface area contributed by atoms with Gasteiger partial charge in [0.15, 0.2) is 5.78 Å². The first-order valence-electron chi connectivity index (χ1n) is 5.93. The maximum absolute atomic E-state index is 11.5. The summed E-state index contributed by atoms with van der Waals surface area (Å²) in [4.78, 5) is 12.8. The van der Waals surface area contributed by atoms with Crippen LogP contribution in [0.1, 0.15) is 27.7 Å². The lowest BCUT2D eigenvalue weighted by atomic mass is 10.1. The van der Waals surface area contributed by atoms with E-state index in [9.17, 15) is 4.79 Å². The monoisotopic (exact) mass is 260 g/mol. The van der Waals surface area contributed by atoms with E-state index in [2.05, 4.69) is 11.4 Å². The Morgan fingerprint density at radius 2 is 2.17 bits per heavy atom. The van der Waals surface area contributed by atoms with E-state index in [0.29, 0.717) is 17.9 Å². The fraction of sp³-hybridized carbons (Fsp3) is 0.267. The molecule has 0 saturated carbocycles. The molecule has 0 spiro atoms. The van der Waals surface area contributed by atoms with Crippen LogP contribution < -0.4 is 4.74 Å². The van der Waals surface area contributed by atoms with Gasteiger partial charge in [0.2, 0.25) is 0 Å². The third-order valence-corrected chi connectivity index (χ3v) is 3.64. The van der Waals surface area contributed by atoms with Gasteiger partial charge in [-0.15, -0.1) is 11.3 Å². The minimum Gasteiger partial charge on any atom is -0.492 e. The van der Waals surface area contributed by atoms with Crippen molar-refractivity contribution >= 4 is 17.1 Å². The zero-order valence-electron chi connectivity index (χ0n) is 10.6. The largest absolute Gasteiger partial charge is 0.492 e. The van der Waals surface area contributed by atoms with E-state index in [1.165, 1.54) is 4.88 Å². The van der Waals surface area contributed by atoms with Gasteiger partial charge in [-0.1, -0.05) is 12.1 Å². The summed E-state index contributed by atoms with van der Waals surface area (Å²) in [6.45, 7) is 4.16. The quantitative estimate of drug-likeness (QED) is 0.763. The Morgan fingerprint density at radius 1 is 1.33 bits per heavy atom. The minimum atomic E-state index is 0.0427. The first-order valence-corrected chi connectivity index (χ1v) is 6.81. The number of thiophene rings is 1. The van der Waals surface area contributed by atoms with Gasteiger partial charge in [0, 0.05) is 11.3 Å². The predicted molar refractivity (Wildman–Crippen MR) is 74.7 cm³/mol. The minimum absolute atomic E-state index is 0.0427. The lowest BCUT2D eigenvalue weighted by Crippen LogP contribution is -2.05. The van der Waals surface area contributed by atoms with Crippen LogP contribution in [0.2, 0.25) is 0 Å². The van der Waals surface area contributed by atoms with E-state index >= 15 is 0 Å². The molecule has 1 heterocycles. The molecule has 0 amide bonds. The van der Waals surface area contributed by atoms with Gasteiger partial charge < -0.3 is 4.74 Å². The fourth-order valence-corrected chi connectivity index (χ4v) is 2.45. The molecule has 1 aromatic carbocycles. The molecule has 0 aliphatic heterocycles. The summed E-state index contributed by atoms with van der Waals surface area (Å²) in [5.41, 5.74) is 1.76. The van der Waals surface area contributed by atoms with Crippen molar-refractivity contribution in [3.8, 4) is 5.75 Å². The first-order chi connectivity index (χ1) is 8.66. The van der Waals surface area contributed by atoms with Crippen LogP contribution in [0.3, 0.4) is 0 Å². The lowest BCUT2D eigenvalue weighted by molar-refractivity contribution is 0.101. The molecule has 0 N–H and O–H groups in total. The number of carbonyl (C=O) groups excluding carboxylic acids is 1. The van der Waals surface area contributed by atoms with Gasteiger partial charge in [0.05, 0.1) is 12.2 Å². The average Bonchev–Trinajstić information content (AvgIpc) is 2.82. The molecule has 2 aromatic rings. The van der Waals surface area contributed by atoms with Crippen LogP contribution >= 0.6 is 11.3 Å². The van der Waals surface area contributed by atoms with Crippen LogP contribution in [0.15, 0.2) is 35.7 Å². The van der Waals surface area contributed by atoms with E-state index in [1.807, 2.05) is 31.2 Å². The van der Waals surface area contributed by atoms with E-state index in [4.69, 9.17) is 4.74 Å². The number of ketones is 1. The highest BCUT2D eigenvalue weighted by Crippen LogP contribution is 2.21. The van der Waals surface area contributed by atoms with Crippen molar-refractivity contribution in [3.05, 3.63) is 51.7 Å². The van der Waals surface area contributed by atoms with Crippen molar-refractivity contribution in [3.63, 3.8) is 0 Å². The Morgan fingerprint density at radius 3 is 2.83 bits per heavy atom. The van der Waals surface area contributed by atoms with Crippen LogP contribution in [0.5, 0.6) is 5.75 Å². The average molecular weight is 260 g/mol. The molecule has 2 rings (SSSR count). The van der Waals surface area contributed by atoms with E-state index in [1.54, 1.807) is 18.3 Å². The van der Waals surface area contributed by atoms with Crippen LogP contribution in [-0.2, 0) is 6.42 Å². The molecule has 0 aliphatic carbocycles. The molecule has 3 heteroatoms. The maximum Gasteiger partial charge on any atom is 0.163 e. The maximum atomic E-state index is 11.5. The van der Waals surface area contributed by atoms with Crippen molar-refractivity contribution in [2.24, 2.45) is 0 Å². The number of rotatable bonds is 5. The highest BCUT2D eigenvalue weighted by molar-refractivity contribution is 7.09. The van der Waals surface area contributed by atoms with Gasteiger partial charge in [0.25, 0.3) is 0 Å². The Labute approximate surface area is 111 Å². The lowest BCUT2D eigenvalue weighted by Gasteiger charge is -2.10. The van der Waals surface area contributed by atoms with Crippen molar-refractivity contribution < 1.29 is 9.53 Å². The second-order valence-electron chi connectivity index (χ2n) is 4.23. The van der Waals surface area contributed by atoms with Crippen LogP contribution in [0, 0.1) is 6.92 Å². The number of benzene rings is 1. The Bertz CT molecular complexity index is 529. The summed E-state index contributed by atoms with van der Waals surface area (Å²) >= 11 is 1.72. The normalized spacial score (nSPS) is 10.3. The summed E-state index contributed by atoms with van der Waals surface area (Å²) in [5.74, 6) is 0.736. The molecule has 0 bridgehead atoms. The number of hydrogen-bond donors (Lipinski definition) is 0. The topological polar surface area (TPSA) is 26.3 Å². The number of hydrogen-bond acceptors (Lipinski definition) is 3. The molecule has 0 aliphatic rings. The molecular formula is C15H16O2S. The fourth-order valence-electron chi connectivity index (χ4n) is 1.76. The van der Waals surface area contributed by atoms with Crippen LogP contribution in [0.25, 0.3) is 0 Å². The Balaban J connectivity index is 2.03. The summed E-state index contributed by atoms with van der Waals surface area (Å²) in [6, 6.07) is 9.82. The van der Waals surface area contributed by atoms with Gasteiger partial charge in [0.1, 0.15) is 5.75 Å². The predicted octanol–water partition coefficient (Wildman–Crippen LogP) is 3.88. The molecule has 18 heavy (non-hydrogen) atoms. The molecule has 0 radical (unpaired) electrons. The highest BCUT2D eigenvalue weighted by atomic mass is 32.1. The van der Waals surface area contributed by atoms with Gasteiger partial charge in [-0.25, -0.2) is 0 Å². The van der Waals surface area contributed by atoms with Gasteiger partial charge >= 0.3 is 0 Å². The first kappa shape index (κ1) is 12.8. The zero-order valence-corrected chi connectivity index (χ0v) is 11.4. The molecule has 0 saturated heterocycles. The number of aryl methyl sites for hydroxylation is 1. The van der Waals surface area contributed by atoms with Crippen molar-refractivity contribution in [1.29, 1.82) is 0 Å². The Hall–Kier alpha value is -1.61. The zero-order chi connectivity index (χ0) is 13.0. The highest BCUT2D eigenvalue weighted by Gasteiger charge is 2.08. The van der Waals surface area contributed by atoms with Gasteiger partial charge in [-0.05, 0) is 43.0 Å². The number of Topliss-reactive ketones (excluding diaryl/α,β-unsaturated/α-hetero) is 1.